The Kier molecular flexibility index (Phi) is 4.50. The van der Waals surface area contributed by atoms with Crippen molar-refractivity contribution in [2.24, 2.45) is 21.7 Å². The molecule has 1 atom stereocenters. The van der Waals surface area contributed by atoms with Crippen molar-refractivity contribution in [1.82, 2.24) is 5.01 Å². The molecule has 1 unspecified atom stereocenters. The molecule has 3 rings (SSSR count). The van der Waals surface area contributed by atoms with Gasteiger partial charge in [-0.2, -0.15) is 5.10 Å². The molecule has 2 heterocycles. The van der Waals surface area contributed by atoms with Crippen molar-refractivity contribution in [2.75, 3.05) is 18.9 Å². The van der Waals surface area contributed by atoms with Crippen LogP contribution in [0, 0.1) is 5.92 Å². The number of carbonyl (C=O) groups is 1. The van der Waals surface area contributed by atoms with Crippen LogP contribution in [-0.4, -0.2) is 36.3 Å². The number of ether oxygens (including phenoxy) is 1. The molecule has 0 saturated heterocycles. The predicted molar refractivity (Wildman–Crippen MR) is 94.0 cm³/mol. The van der Waals surface area contributed by atoms with Gasteiger partial charge in [0.2, 0.25) is 0 Å². The van der Waals surface area contributed by atoms with Crippen molar-refractivity contribution in [3.8, 4) is 0 Å². The van der Waals surface area contributed by atoms with E-state index in [1.165, 1.54) is 6.34 Å². The van der Waals surface area contributed by atoms with Crippen LogP contribution in [0.5, 0.6) is 0 Å². The molecule has 4 N–H and O–H groups in total. The zero-order valence-corrected chi connectivity index (χ0v) is 13.6. The number of rotatable bonds is 5. The quantitative estimate of drug-likeness (QED) is 0.630. The van der Waals surface area contributed by atoms with E-state index in [0.717, 1.165) is 16.8 Å². The van der Waals surface area contributed by atoms with Gasteiger partial charge in [-0.1, -0.05) is 12.1 Å². The van der Waals surface area contributed by atoms with Gasteiger partial charge in [0.25, 0.3) is 0 Å². The van der Waals surface area contributed by atoms with Crippen LogP contribution in [0.1, 0.15) is 25.3 Å². The molecule has 0 bridgehead atoms. The van der Waals surface area contributed by atoms with Crippen molar-refractivity contribution in [1.29, 1.82) is 0 Å². The smallest absolute Gasteiger partial charge is 0.305 e. The Morgan fingerprint density at radius 3 is 2.79 bits per heavy atom. The van der Waals surface area contributed by atoms with E-state index in [2.05, 4.69) is 10.1 Å². The van der Waals surface area contributed by atoms with Crippen molar-refractivity contribution in [2.45, 2.75) is 19.8 Å². The number of carbonyl (C=O) groups excluding carboxylic acids is 1. The van der Waals surface area contributed by atoms with Gasteiger partial charge in [-0.05, 0) is 36.6 Å². The highest BCUT2D eigenvalue weighted by atomic mass is 16.5. The van der Waals surface area contributed by atoms with E-state index in [-0.39, 0.29) is 11.9 Å². The monoisotopic (exact) mass is 327 g/mol. The number of nitrogens with zero attached hydrogens (tertiary/aromatic N) is 3. The number of hydrogen-bond acceptors (Lipinski definition) is 7. The highest BCUT2D eigenvalue weighted by molar-refractivity contribution is 6.08. The number of amidine groups is 1. The first-order chi connectivity index (χ1) is 11.6. The summed E-state index contributed by atoms with van der Waals surface area (Å²) in [7, 11) is 0. The minimum absolute atomic E-state index is 0.122. The Balaban J connectivity index is 1.91. The summed E-state index contributed by atoms with van der Waals surface area (Å²) in [4.78, 5) is 15.8. The maximum atomic E-state index is 11.7. The van der Waals surface area contributed by atoms with E-state index in [4.69, 9.17) is 16.2 Å². The maximum Gasteiger partial charge on any atom is 0.305 e. The van der Waals surface area contributed by atoms with E-state index in [1.54, 1.807) is 6.92 Å². The Labute approximate surface area is 140 Å². The number of fused-ring (bicyclic) bond motifs is 1. The Morgan fingerprint density at radius 1 is 1.33 bits per heavy atom. The fraction of sp³-hybridized carbons (Fsp3) is 0.353. The third-order valence-electron chi connectivity index (χ3n) is 4.17. The molecule has 0 radical (unpaired) electrons. The number of benzene rings is 1. The van der Waals surface area contributed by atoms with E-state index in [0.29, 0.717) is 37.5 Å². The average Bonchev–Trinajstić information content (AvgIpc) is 2.94. The molecule has 7 nitrogen and oxygen atoms in total. The lowest BCUT2D eigenvalue weighted by Crippen LogP contribution is -2.28. The third kappa shape index (κ3) is 3.10. The zero-order valence-electron chi connectivity index (χ0n) is 13.6. The fourth-order valence-electron chi connectivity index (χ4n) is 3.11. The second-order valence-electron chi connectivity index (χ2n) is 5.75. The molecule has 0 spiro atoms. The Morgan fingerprint density at radius 2 is 2.08 bits per heavy atom. The normalized spacial score (nSPS) is 19.3. The summed E-state index contributed by atoms with van der Waals surface area (Å²) in [5.74, 6) is 0.377. The summed E-state index contributed by atoms with van der Waals surface area (Å²) in [5, 5.41) is 6.14. The van der Waals surface area contributed by atoms with Gasteiger partial charge in [0, 0.05) is 24.6 Å². The van der Waals surface area contributed by atoms with Crippen molar-refractivity contribution in [3.05, 3.63) is 35.5 Å². The van der Waals surface area contributed by atoms with E-state index in [1.807, 2.05) is 29.3 Å². The van der Waals surface area contributed by atoms with Gasteiger partial charge >= 0.3 is 5.97 Å². The number of esters is 1. The van der Waals surface area contributed by atoms with Gasteiger partial charge in [-0.3, -0.25) is 9.80 Å². The van der Waals surface area contributed by atoms with Crippen molar-refractivity contribution < 1.29 is 9.53 Å². The van der Waals surface area contributed by atoms with Crippen LogP contribution in [0.4, 0.5) is 5.69 Å². The molecule has 126 valence electrons. The van der Waals surface area contributed by atoms with Gasteiger partial charge in [0.1, 0.15) is 12.0 Å². The van der Waals surface area contributed by atoms with Crippen LogP contribution in [0.3, 0.4) is 0 Å². The largest absolute Gasteiger partial charge is 0.466 e. The number of aliphatic imine (C=N–C) groups is 1. The summed E-state index contributed by atoms with van der Waals surface area (Å²) in [5.41, 5.74) is 15.5. The first-order valence-corrected chi connectivity index (χ1v) is 7.99. The SMILES string of the molecule is CCOC(=O)CCC1CN2N=CN=C(N)C2=C1c1ccc(N)cc1. The average molecular weight is 327 g/mol. The molecule has 0 aliphatic carbocycles. The fourth-order valence-corrected chi connectivity index (χ4v) is 3.11. The molecule has 1 aromatic carbocycles. The summed E-state index contributed by atoms with van der Waals surface area (Å²) < 4.78 is 5.04. The van der Waals surface area contributed by atoms with Gasteiger partial charge in [0.15, 0.2) is 5.84 Å². The topological polar surface area (TPSA) is 106 Å². The summed E-state index contributed by atoms with van der Waals surface area (Å²) >= 11 is 0. The summed E-state index contributed by atoms with van der Waals surface area (Å²) in [6, 6.07) is 7.63. The zero-order chi connectivity index (χ0) is 17.1. The lowest BCUT2D eigenvalue weighted by Gasteiger charge is -2.18. The molecule has 1 aromatic rings. The highest BCUT2D eigenvalue weighted by Crippen LogP contribution is 2.39. The highest BCUT2D eigenvalue weighted by Gasteiger charge is 2.35. The molecular weight excluding hydrogens is 306 g/mol. The molecule has 0 saturated carbocycles. The van der Waals surface area contributed by atoms with Crippen molar-refractivity contribution >= 4 is 29.4 Å². The number of hydrazone groups is 1. The van der Waals surface area contributed by atoms with Gasteiger partial charge in [0.05, 0.1) is 6.61 Å². The van der Waals surface area contributed by atoms with Crippen LogP contribution < -0.4 is 11.5 Å². The van der Waals surface area contributed by atoms with E-state index >= 15 is 0 Å². The molecular formula is C17H21N5O2. The second-order valence-corrected chi connectivity index (χ2v) is 5.75. The standard InChI is InChI=1S/C17H21N5O2/c1-2-24-14(23)8-5-12-9-22-16(17(19)20-10-21-22)15(12)11-3-6-13(18)7-4-11/h3-4,6-7,10,12H,2,5,8-9,18H2,1H3,(H2,19,20,21). The first-order valence-electron chi connectivity index (χ1n) is 7.99. The number of nitrogens with two attached hydrogens (primary N) is 2. The summed E-state index contributed by atoms with van der Waals surface area (Å²) in [6.07, 6.45) is 2.48. The molecule has 0 amide bonds. The maximum absolute atomic E-state index is 11.7. The molecule has 0 aromatic heterocycles. The van der Waals surface area contributed by atoms with Gasteiger partial charge < -0.3 is 16.2 Å². The molecule has 7 heteroatoms. The Hall–Kier alpha value is -2.83. The van der Waals surface area contributed by atoms with Gasteiger partial charge in [-0.15, -0.1) is 0 Å². The second kappa shape index (κ2) is 6.74. The third-order valence-corrected chi connectivity index (χ3v) is 4.17. The minimum atomic E-state index is -0.186. The lowest BCUT2D eigenvalue weighted by molar-refractivity contribution is -0.143. The summed E-state index contributed by atoms with van der Waals surface area (Å²) in [6.45, 7) is 2.87. The van der Waals surface area contributed by atoms with Gasteiger partial charge in [-0.25, -0.2) is 4.99 Å². The van der Waals surface area contributed by atoms with Crippen molar-refractivity contribution in [3.63, 3.8) is 0 Å². The Bertz CT molecular complexity index is 721. The van der Waals surface area contributed by atoms with E-state index in [9.17, 15) is 4.79 Å². The van der Waals surface area contributed by atoms with E-state index < -0.39 is 0 Å². The van der Waals surface area contributed by atoms with Crippen LogP contribution in [-0.2, 0) is 9.53 Å². The van der Waals surface area contributed by atoms with Crippen LogP contribution in [0.15, 0.2) is 40.1 Å². The lowest BCUT2D eigenvalue weighted by atomic mass is 9.89. The first kappa shape index (κ1) is 16.0. The number of nitrogen functional groups attached to an aromatic ring is 1. The number of hydrogen-bond donors (Lipinski definition) is 2. The van der Waals surface area contributed by atoms with Crippen LogP contribution in [0.25, 0.3) is 5.57 Å². The van der Waals surface area contributed by atoms with Crippen LogP contribution >= 0.6 is 0 Å². The van der Waals surface area contributed by atoms with Crippen LogP contribution in [0.2, 0.25) is 0 Å². The minimum Gasteiger partial charge on any atom is -0.466 e. The molecule has 2 aliphatic heterocycles. The molecule has 24 heavy (non-hydrogen) atoms. The molecule has 0 fully saturated rings. The predicted octanol–water partition coefficient (Wildman–Crippen LogP) is 1.57. The number of anilines is 1. The molecule has 2 aliphatic rings.